The quantitative estimate of drug-likeness (QED) is 0.355. The van der Waals surface area contributed by atoms with Crippen molar-refractivity contribution in [2.45, 2.75) is 75.7 Å². The van der Waals surface area contributed by atoms with E-state index in [1.807, 2.05) is 13.8 Å². The van der Waals surface area contributed by atoms with Crippen molar-refractivity contribution < 1.29 is 9.90 Å². The number of amides is 1. The average Bonchev–Trinajstić information content (AvgIpc) is 2.39. The molecule has 1 amide bonds. The highest BCUT2D eigenvalue weighted by molar-refractivity contribution is 14.1. The highest BCUT2D eigenvalue weighted by atomic mass is 127. The highest BCUT2D eigenvalue weighted by Gasteiger charge is 2.39. The number of hydrogen-bond donors (Lipinski definition) is 1. The Hall–Kier alpha value is 0.160. The first kappa shape index (κ1) is 19.2. The van der Waals surface area contributed by atoms with E-state index in [0.29, 0.717) is 13.1 Å². The molecule has 0 aliphatic carbocycles. The van der Waals surface area contributed by atoms with E-state index < -0.39 is 5.60 Å². The lowest BCUT2D eigenvalue weighted by atomic mass is 9.96. The van der Waals surface area contributed by atoms with Gasteiger partial charge < -0.3 is 10.0 Å². The normalized spacial score (nSPS) is 15.9. The monoisotopic (exact) mass is 383 g/mol. The molecule has 3 nitrogen and oxygen atoms in total. The highest BCUT2D eigenvalue weighted by Crippen LogP contribution is 2.26. The third-order valence-electron chi connectivity index (χ3n) is 3.65. The summed E-state index contributed by atoms with van der Waals surface area (Å²) in [4.78, 5) is 14.0. The molecule has 0 aromatic rings. The van der Waals surface area contributed by atoms with Crippen LogP contribution in [0.2, 0.25) is 0 Å². The van der Waals surface area contributed by atoms with Crippen molar-refractivity contribution in [2.75, 3.05) is 13.1 Å². The maximum absolute atomic E-state index is 12.3. The SMILES string of the molecule is CCCCCCC[C@@H](I)[C@@](C)(O)C(=O)N(CC)CC. The molecule has 0 fully saturated rings. The zero-order valence-electron chi connectivity index (χ0n) is 12.9. The first-order chi connectivity index (χ1) is 8.91. The van der Waals surface area contributed by atoms with Crippen molar-refractivity contribution in [3.63, 3.8) is 0 Å². The van der Waals surface area contributed by atoms with Crippen LogP contribution in [0.3, 0.4) is 0 Å². The number of carbonyl (C=O) groups is 1. The molecular weight excluding hydrogens is 353 g/mol. The standard InChI is InChI=1S/C15H30INO2/c1-5-8-9-10-11-12-13(16)15(4,19)14(18)17(6-2)7-3/h13,19H,5-12H2,1-4H3/t13-,15-/m1/s1. The molecule has 4 heteroatoms. The summed E-state index contributed by atoms with van der Waals surface area (Å²) in [5.41, 5.74) is -1.24. The van der Waals surface area contributed by atoms with E-state index in [-0.39, 0.29) is 9.83 Å². The van der Waals surface area contributed by atoms with Gasteiger partial charge in [0.25, 0.3) is 5.91 Å². The van der Waals surface area contributed by atoms with Gasteiger partial charge in [-0.1, -0.05) is 61.6 Å². The number of likely N-dealkylation sites (N-methyl/N-ethyl adjacent to an activating group) is 1. The molecule has 0 spiro atoms. The summed E-state index contributed by atoms with van der Waals surface area (Å²) in [6.07, 6.45) is 6.97. The van der Waals surface area contributed by atoms with Crippen LogP contribution in [-0.2, 0) is 4.79 Å². The Kier molecular flexibility index (Phi) is 10.1. The van der Waals surface area contributed by atoms with Crippen LogP contribution in [0.5, 0.6) is 0 Å². The molecule has 0 heterocycles. The lowest BCUT2D eigenvalue weighted by molar-refractivity contribution is -0.148. The Morgan fingerprint density at radius 3 is 2.16 bits per heavy atom. The van der Waals surface area contributed by atoms with Crippen LogP contribution in [0.4, 0.5) is 0 Å². The minimum absolute atomic E-state index is 0.0140. The Labute approximate surface area is 132 Å². The summed E-state index contributed by atoms with van der Waals surface area (Å²) in [6, 6.07) is 0. The van der Waals surface area contributed by atoms with Crippen molar-refractivity contribution in [3.05, 3.63) is 0 Å². The molecule has 19 heavy (non-hydrogen) atoms. The van der Waals surface area contributed by atoms with Crippen LogP contribution in [0, 0.1) is 0 Å². The molecule has 0 aromatic heterocycles. The number of alkyl halides is 1. The van der Waals surface area contributed by atoms with E-state index >= 15 is 0 Å². The van der Waals surface area contributed by atoms with Gasteiger partial charge in [0.05, 0.1) is 0 Å². The lowest BCUT2D eigenvalue weighted by Gasteiger charge is -2.33. The molecular formula is C15H30INO2. The lowest BCUT2D eigenvalue weighted by Crippen LogP contribution is -2.52. The second-order valence-corrected chi connectivity index (χ2v) is 6.80. The van der Waals surface area contributed by atoms with E-state index in [0.717, 1.165) is 12.8 Å². The van der Waals surface area contributed by atoms with Gasteiger partial charge in [0.2, 0.25) is 0 Å². The van der Waals surface area contributed by atoms with E-state index in [4.69, 9.17) is 0 Å². The van der Waals surface area contributed by atoms with Gasteiger partial charge in [-0.3, -0.25) is 4.79 Å². The van der Waals surface area contributed by atoms with Crippen LogP contribution >= 0.6 is 22.6 Å². The molecule has 0 saturated carbocycles. The van der Waals surface area contributed by atoms with E-state index in [2.05, 4.69) is 29.5 Å². The van der Waals surface area contributed by atoms with Gasteiger partial charge in [-0.2, -0.15) is 0 Å². The molecule has 0 aromatic carbocycles. The minimum atomic E-state index is -1.24. The van der Waals surface area contributed by atoms with E-state index in [9.17, 15) is 9.90 Å². The van der Waals surface area contributed by atoms with Crippen molar-refractivity contribution in [1.29, 1.82) is 0 Å². The number of nitrogens with zero attached hydrogens (tertiary/aromatic N) is 1. The fourth-order valence-electron chi connectivity index (χ4n) is 2.17. The number of halogens is 1. The summed E-state index contributed by atoms with van der Waals surface area (Å²) >= 11 is 2.23. The predicted molar refractivity (Wildman–Crippen MR) is 89.7 cm³/mol. The second kappa shape index (κ2) is 9.97. The van der Waals surface area contributed by atoms with Gasteiger partial charge in [-0.05, 0) is 27.2 Å². The third kappa shape index (κ3) is 6.43. The predicted octanol–water partition coefficient (Wildman–Crippen LogP) is 3.77. The van der Waals surface area contributed by atoms with Crippen LogP contribution in [0.25, 0.3) is 0 Å². The third-order valence-corrected chi connectivity index (χ3v) is 5.49. The van der Waals surface area contributed by atoms with E-state index in [1.165, 1.54) is 25.7 Å². The van der Waals surface area contributed by atoms with Gasteiger partial charge in [-0.25, -0.2) is 0 Å². The van der Waals surface area contributed by atoms with Crippen molar-refractivity contribution in [1.82, 2.24) is 4.90 Å². The topological polar surface area (TPSA) is 40.5 Å². The minimum Gasteiger partial charge on any atom is -0.379 e. The van der Waals surface area contributed by atoms with Crippen molar-refractivity contribution in [2.24, 2.45) is 0 Å². The number of unbranched alkanes of at least 4 members (excludes halogenated alkanes) is 4. The average molecular weight is 383 g/mol. The zero-order chi connectivity index (χ0) is 14.9. The summed E-state index contributed by atoms with van der Waals surface area (Å²) < 4.78 is -0.0140. The van der Waals surface area contributed by atoms with Crippen molar-refractivity contribution >= 4 is 28.5 Å². The maximum atomic E-state index is 12.3. The molecule has 0 aliphatic heterocycles. The fourth-order valence-corrected chi connectivity index (χ4v) is 2.88. The van der Waals surface area contributed by atoms with Gasteiger partial charge in [-0.15, -0.1) is 0 Å². The van der Waals surface area contributed by atoms with Crippen molar-refractivity contribution in [3.8, 4) is 0 Å². The Balaban J connectivity index is 4.26. The summed E-state index contributed by atoms with van der Waals surface area (Å²) in [5.74, 6) is -0.134. The van der Waals surface area contributed by atoms with Crippen LogP contribution < -0.4 is 0 Å². The molecule has 1 N–H and O–H groups in total. The zero-order valence-corrected chi connectivity index (χ0v) is 15.1. The van der Waals surface area contributed by atoms with Gasteiger partial charge >= 0.3 is 0 Å². The summed E-state index contributed by atoms with van der Waals surface area (Å²) in [5, 5.41) is 10.5. The molecule has 2 atom stereocenters. The Morgan fingerprint density at radius 2 is 1.68 bits per heavy atom. The molecule has 0 rings (SSSR count). The fraction of sp³-hybridized carbons (Fsp3) is 0.933. The maximum Gasteiger partial charge on any atom is 0.255 e. The van der Waals surface area contributed by atoms with Crippen LogP contribution in [0.1, 0.15) is 66.2 Å². The Morgan fingerprint density at radius 1 is 1.16 bits per heavy atom. The number of rotatable bonds is 10. The second-order valence-electron chi connectivity index (χ2n) is 5.30. The van der Waals surface area contributed by atoms with Gasteiger partial charge in [0.1, 0.15) is 0 Å². The Bertz CT molecular complexity index is 253. The first-order valence-corrected chi connectivity index (χ1v) is 8.82. The number of aliphatic hydroxyl groups is 1. The first-order valence-electron chi connectivity index (χ1n) is 7.57. The summed E-state index contributed by atoms with van der Waals surface area (Å²) in [6.45, 7) is 9.08. The van der Waals surface area contributed by atoms with Gasteiger partial charge in [0, 0.05) is 17.0 Å². The largest absolute Gasteiger partial charge is 0.379 e. The number of carbonyl (C=O) groups excluding carboxylic acids is 1. The van der Waals surface area contributed by atoms with Gasteiger partial charge in [0.15, 0.2) is 5.60 Å². The molecule has 0 aliphatic rings. The molecule has 0 bridgehead atoms. The summed E-state index contributed by atoms with van der Waals surface area (Å²) in [7, 11) is 0. The molecule has 0 unspecified atom stereocenters. The molecule has 114 valence electrons. The van der Waals surface area contributed by atoms with Crippen LogP contribution in [-0.4, -0.2) is 38.5 Å². The number of hydrogen-bond acceptors (Lipinski definition) is 2. The molecule has 0 radical (unpaired) electrons. The smallest absolute Gasteiger partial charge is 0.255 e. The van der Waals surface area contributed by atoms with Crippen LogP contribution in [0.15, 0.2) is 0 Å². The molecule has 0 saturated heterocycles. The van der Waals surface area contributed by atoms with E-state index in [1.54, 1.807) is 11.8 Å².